The molecule has 2 aromatic carbocycles. The molecule has 0 aliphatic carbocycles. The van der Waals surface area contributed by atoms with Gasteiger partial charge in [0.15, 0.2) is 6.10 Å². The van der Waals surface area contributed by atoms with Crippen LogP contribution in [0.5, 0.6) is 0 Å². The van der Waals surface area contributed by atoms with Crippen molar-refractivity contribution >= 4 is 29.8 Å². The van der Waals surface area contributed by atoms with Crippen molar-refractivity contribution in [3.8, 4) is 0 Å². The van der Waals surface area contributed by atoms with Gasteiger partial charge in [-0.1, -0.05) is 60.7 Å². The molecule has 1 saturated heterocycles. The van der Waals surface area contributed by atoms with Crippen molar-refractivity contribution < 1.29 is 38.6 Å². The third-order valence-electron chi connectivity index (χ3n) is 6.98. The maximum Gasteiger partial charge on any atom is 0.408 e. The first-order chi connectivity index (χ1) is 20.8. The average molecular weight is 611 g/mol. The highest BCUT2D eigenvalue weighted by Crippen LogP contribution is 2.23. The van der Waals surface area contributed by atoms with Crippen LogP contribution >= 0.6 is 0 Å². The van der Waals surface area contributed by atoms with Gasteiger partial charge in [0.1, 0.15) is 24.3 Å². The predicted molar refractivity (Wildman–Crippen MR) is 161 cm³/mol. The molecule has 1 fully saturated rings. The van der Waals surface area contributed by atoms with Crippen LogP contribution in [0.1, 0.15) is 57.6 Å². The van der Waals surface area contributed by atoms with Crippen molar-refractivity contribution in [2.24, 2.45) is 5.73 Å². The van der Waals surface area contributed by atoms with E-state index < -0.39 is 59.6 Å². The molecule has 4 amide bonds. The van der Waals surface area contributed by atoms with Crippen molar-refractivity contribution in [1.82, 2.24) is 15.5 Å². The monoisotopic (exact) mass is 610 g/mol. The number of aliphatic hydroxyl groups excluding tert-OH is 1. The summed E-state index contributed by atoms with van der Waals surface area (Å²) in [6.07, 6.45) is -2.00. The number of primary amides is 1. The van der Waals surface area contributed by atoms with E-state index in [1.54, 1.807) is 75.4 Å². The maximum absolute atomic E-state index is 13.6. The Kier molecular flexibility index (Phi) is 12.3. The number of ether oxygens (including phenoxy) is 2. The lowest BCUT2D eigenvalue weighted by Crippen LogP contribution is -2.58. The number of nitrogens with one attached hydrogen (secondary N) is 2. The largest absolute Gasteiger partial charge is 0.458 e. The second kappa shape index (κ2) is 15.9. The Hall–Kier alpha value is -4.45. The molecule has 238 valence electrons. The van der Waals surface area contributed by atoms with E-state index in [0.717, 1.165) is 11.1 Å². The Balaban J connectivity index is 1.77. The fraction of sp³-hybridized carbons (Fsp3) is 0.469. The van der Waals surface area contributed by atoms with Gasteiger partial charge in [0.2, 0.25) is 11.8 Å². The smallest absolute Gasteiger partial charge is 0.408 e. The van der Waals surface area contributed by atoms with Crippen LogP contribution in [0.15, 0.2) is 60.7 Å². The van der Waals surface area contributed by atoms with Crippen LogP contribution in [0, 0.1) is 0 Å². The van der Waals surface area contributed by atoms with Crippen molar-refractivity contribution in [3.05, 3.63) is 71.8 Å². The van der Waals surface area contributed by atoms with E-state index in [0.29, 0.717) is 12.8 Å². The van der Waals surface area contributed by atoms with Crippen LogP contribution in [0.4, 0.5) is 4.79 Å². The number of nitrogens with two attached hydrogens (primary N) is 1. The third kappa shape index (κ3) is 10.7. The van der Waals surface area contributed by atoms with Gasteiger partial charge >= 0.3 is 12.1 Å². The van der Waals surface area contributed by atoms with Gasteiger partial charge in [0.05, 0.1) is 6.04 Å². The van der Waals surface area contributed by atoms with E-state index in [2.05, 4.69) is 10.6 Å². The van der Waals surface area contributed by atoms with Crippen molar-refractivity contribution in [3.63, 3.8) is 0 Å². The number of aliphatic hydroxyl groups is 1. The standard InChI is InChI=1S/C32H42N4O8/c1-32(2,3)44-30(41)25-15-10-18-36(25)29(40)27(38)24(19-21-11-6-4-7-12-21)34-28(39)23(16-17-26(33)37)35-31(42)43-20-22-13-8-5-9-14-22/h4-9,11-14,23-25,27,38H,10,15-20H2,1-3H3,(H2,33,37)(H,34,39)(H,35,42)/t23-,24-,25-,27?/m0/s1. The lowest BCUT2D eigenvalue weighted by atomic mass is 9.99. The summed E-state index contributed by atoms with van der Waals surface area (Å²) < 4.78 is 10.7. The van der Waals surface area contributed by atoms with Gasteiger partial charge in [-0.3, -0.25) is 14.4 Å². The van der Waals surface area contributed by atoms with Crippen LogP contribution in [0.3, 0.4) is 0 Å². The van der Waals surface area contributed by atoms with Crippen LogP contribution in [0.2, 0.25) is 0 Å². The number of carbonyl (C=O) groups is 5. The van der Waals surface area contributed by atoms with Gasteiger partial charge in [-0.2, -0.15) is 0 Å². The molecule has 0 saturated carbocycles. The molecule has 2 aromatic rings. The molecular weight excluding hydrogens is 568 g/mol. The number of likely N-dealkylation sites (tertiary alicyclic amines) is 1. The van der Waals surface area contributed by atoms with Gasteiger partial charge in [-0.15, -0.1) is 0 Å². The molecule has 1 unspecified atom stereocenters. The third-order valence-corrected chi connectivity index (χ3v) is 6.98. The number of esters is 1. The van der Waals surface area contributed by atoms with Gasteiger partial charge in [-0.25, -0.2) is 9.59 Å². The number of hydrogen-bond acceptors (Lipinski definition) is 8. The number of amides is 4. The van der Waals surface area contributed by atoms with E-state index in [-0.39, 0.29) is 32.4 Å². The van der Waals surface area contributed by atoms with Crippen LogP contribution < -0.4 is 16.4 Å². The van der Waals surface area contributed by atoms with Gasteiger partial charge in [0, 0.05) is 13.0 Å². The summed E-state index contributed by atoms with van der Waals surface area (Å²) in [5, 5.41) is 16.5. The Morgan fingerprint density at radius 3 is 2.18 bits per heavy atom. The minimum atomic E-state index is -1.73. The first-order valence-corrected chi connectivity index (χ1v) is 14.7. The molecule has 1 heterocycles. The lowest BCUT2D eigenvalue weighted by molar-refractivity contribution is -0.165. The molecule has 44 heavy (non-hydrogen) atoms. The van der Waals surface area contributed by atoms with Crippen LogP contribution in [-0.2, 0) is 41.7 Å². The second-order valence-corrected chi connectivity index (χ2v) is 11.7. The van der Waals surface area contributed by atoms with E-state index >= 15 is 0 Å². The number of nitrogens with zero attached hydrogens (tertiary/aromatic N) is 1. The quantitative estimate of drug-likeness (QED) is 0.249. The topological polar surface area (TPSA) is 177 Å². The van der Waals surface area contributed by atoms with E-state index in [4.69, 9.17) is 15.2 Å². The fourth-order valence-electron chi connectivity index (χ4n) is 4.84. The van der Waals surface area contributed by atoms with E-state index in [1.165, 1.54) is 4.90 Å². The lowest BCUT2D eigenvalue weighted by Gasteiger charge is -2.32. The fourth-order valence-corrected chi connectivity index (χ4v) is 4.84. The Labute approximate surface area is 257 Å². The van der Waals surface area contributed by atoms with Gasteiger partial charge in [0.25, 0.3) is 5.91 Å². The summed E-state index contributed by atoms with van der Waals surface area (Å²) in [5.74, 6) is -2.73. The molecule has 12 nitrogen and oxygen atoms in total. The molecule has 5 N–H and O–H groups in total. The van der Waals surface area contributed by atoms with Crippen molar-refractivity contribution in [2.75, 3.05) is 6.54 Å². The average Bonchev–Trinajstić information content (AvgIpc) is 3.47. The zero-order chi connectivity index (χ0) is 32.3. The minimum absolute atomic E-state index is 0.0463. The maximum atomic E-state index is 13.6. The summed E-state index contributed by atoms with van der Waals surface area (Å²) in [7, 11) is 0. The number of hydrogen-bond donors (Lipinski definition) is 4. The van der Waals surface area contributed by atoms with Crippen LogP contribution in [-0.4, -0.2) is 76.2 Å². The molecule has 0 radical (unpaired) electrons. The summed E-state index contributed by atoms with van der Waals surface area (Å²) in [6.45, 7) is 5.38. The molecule has 0 spiro atoms. The second-order valence-electron chi connectivity index (χ2n) is 11.7. The van der Waals surface area contributed by atoms with Crippen molar-refractivity contribution in [2.45, 2.75) is 89.3 Å². The number of benzene rings is 2. The molecule has 0 bridgehead atoms. The van der Waals surface area contributed by atoms with Gasteiger partial charge < -0.3 is 35.8 Å². The number of alkyl carbamates (subject to hydrolysis) is 1. The van der Waals surface area contributed by atoms with Gasteiger partial charge in [-0.05, 0) is 57.6 Å². The normalized spacial score (nSPS) is 16.7. The zero-order valence-electron chi connectivity index (χ0n) is 25.4. The number of rotatable bonds is 13. The Bertz CT molecular complexity index is 1280. The summed E-state index contributed by atoms with van der Waals surface area (Å²) >= 11 is 0. The van der Waals surface area contributed by atoms with E-state index in [9.17, 15) is 29.1 Å². The first kappa shape index (κ1) is 34.0. The highest BCUT2D eigenvalue weighted by molar-refractivity contribution is 5.90. The molecule has 1 aliphatic rings. The SMILES string of the molecule is CC(C)(C)OC(=O)[C@@H]1CCCN1C(=O)C(O)[C@H](Cc1ccccc1)NC(=O)[C@H](CCC(N)=O)NC(=O)OCc1ccccc1. The molecule has 0 aromatic heterocycles. The molecule has 3 rings (SSSR count). The van der Waals surface area contributed by atoms with Crippen LogP contribution in [0.25, 0.3) is 0 Å². The summed E-state index contributed by atoms with van der Waals surface area (Å²) in [6, 6.07) is 14.6. The molecule has 1 aliphatic heterocycles. The highest BCUT2D eigenvalue weighted by atomic mass is 16.6. The highest BCUT2D eigenvalue weighted by Gasteiger charge is 2.41. The Morgan fingerprint density at radius 2 is 1.59 bits per heavy atom. The molecular formula is C32H42N4O8. The molecule has 4 atom stereocenters. The van der Waals surface area contributed by atoms with E-state index in [1.807, 2.05) is 6.07 Å². The minimum Gasteiger partial charge on any atom is -0.458 e. The summed E-state index contributed by atoms with van der Waals surface area (Å²) in [4.78, 5) is 65.3. The zero-order valence-corrected chi connectivity index (χ0v) is 25.4. The first-order valence-electron chi connectivity index (χ1n) is 14.7. The van der Waals surface area contributed by atoms with Crippen molar-refractivity contribution in [1.29, 1.82) is 0 Å². The summed E-state index contributed by atoms with van der Waals surface area (Å²) in [5.41, 5.74) is 6.00. The number of carbonyl (C=O) groups excluding carboxylic acids is 5. The molecule has 12 heteroatoms. The Morgan fingerprint density at radius 1 is 0.977 bits per heavy atom. The predicted octanol–water partition coefficient (Wildman–Crippen LogP) is 1.97.